The zero-order chi connectivity index (χ0) is 12.5. The van der Waals surface area contributed by atoms with Crippen molar-refractivity contribution in [1.29, 1.82) is 0 Å². The van der Waals surface area contributed by atoms with Crippen LogP contribution in [-0.4, -0.2) is 14.7 Å². The lowest BCUT2D eigenvalue weighted by Crippen LogP contribution is -2.51. The molecule has 0 aromatic rings. The van der Waals surface area contributed by atoms with Gasteiger partial charge in [0.25, 0.3) is 0 Å². The van der Waals surface area contributed by atoms with Gasteiger partial charge in [0, 0.05) is 0 Å². The SMILES string of the molecule is C=C(OCC)[Si](C)(C(C)(C)C)C(C)(C)C. The zero-order valence-electron chi connectivity index (χ0n) is 11.8. The average molecular weight is 228 g/mol. The first kappa shape index (κ1) is 14.8. The second-order valence-corrected chi connectivity index (χ2v) is 12.3. The molecular formula is C13H28OSi. The van der Waals surface area contributed by atoms with Crippen molar-refractivity contribution in [1.82, 2.24) is 0 Å². The molecule has 1 nitrogen and oxygen atoms in total. The predicted molar refractivity (Wildman–Crippen MR) is 71.8 cm³/mol. The Bertz CT molecular complexity index is 216. The summed E-state index contributed by atoms with van der Waals surface area (Å²) in [6.45, 7) is 23.2. The van der Waals surface area contributed by atoms with Gasteiger partial charge in [-0.2, -0.15) is 0 Å². The number of ether oxygens (including phenoxy) is 1. The summed E-state index contributed by atoms with van der Waals surface area (Å²) >= 11 is 0. The third-order valence-electron chi connectivity index (χ3n) is 3.88. The summed E-state index contributed by atoms with van der Waals surface area (Å²) in [4.78, 5) is 0. The molecular weight excluding hydrogens is 200 g/mol. The lowest BCUT2D eigenvalue weighted by atomic mass is 10.2. The fourth-order valence-corrected chi connectivity index (χ4v) is 6.64. The normalized spacial score (nSPS) is 13.9. The topological polar surface area (TPSA) is 9.23 Å². The van der Waals surface area contributed by atoms with Crippen molar-refractivity contribution in [3.05, 3.63) is 12.0 Å². The third kappa shape index (κ3) is 2.66. The van der Waals surface area contributed by atoms with Crippen LogP contribution in [0, 0.1) is 0 Å². The maximum absolute atomic E-state index is 5.73. The maximum Gasteiger partial charge on any atom is 0.138 e. The molecule has 0 aromatic carbocycles. The van der Waals surface area contributed by atoms with Crippen LogP contribution in [0.5, 0.6) is 0 Å². The monoisotopic (exact) mass is 228 g/mol. The molecule has 0 aliphatic rings. The quantitative estimate of drug-likeness (QED) is 0.500. The molecule has 0 bridgehead atoms. The highest BCUT2D eigenvalue weighted by Gasteiger charge is 2.52. The van der Waals surface area contributed by atoms with Crippen molar-refractivity contribution in [3.8, 4) is 0 Å². The van der Waals surface area contributed by atoms with Gasteiger partial charge in [-0.25, -0.2) is 0 Å². The van der Waals surface area contributed by atoms with Crippen molar-refractivity contribution < 1.29 is 4.74 Å². The molecule has 0 aliphatic carbocycles. The summed E-state index contributed by atoms with van der Waals surface area (Å²) in [6.07, 6.45) is 0. The summed E-state index contributed by atoms with van der Waals surface area (Å²) in [7, 11) is -1.69. The molecule has 0 fully saturated rings. The zero-order valence-corrected chi connectivity index (χ0v) is 12.8. The highest BCUT2D eigenvalue weighted by atomic mass is 28.3. The van der Waals surface area contributed by atoms with Crippen molar-refractivity contribution >= 4 is 8.07 Å². The summed E-state index contributed by atoms with van der Waals surface area (Å²) in [5, 5.41) is 1.60. The van der Waals surface area contributed by atoms with E-state index in [1.807, 2.05) is 6.92 Å². The Kier molecular flexibility index (Phi) is 4.25. The minimum absolute atomic E-state index is 0.275. The van der Waals surface area contributed by atoms with Gasteiger partial charge >= 0.3 is 0 Å². The van der Waals surface area contributed by atoms with Gasteiger partial charge < -0.3 is 4.74 Å². The molecule has 0 saturated carbocycles. The molecule has 90 valence electrons. The first-order valence-corrected chi connectivity index (χ1v) is 8.30. The van der Waals surface area contributed by atoms with E-state index in [-0.39, 0.29) is 10.1 Å². The average Bonchev–Trinajstić information content (AvgIpc) is 1.99. The Hall–Kier alpha value is -0.243. The van der Waals surface area contributed by atoms with Crippen LogP contribution in [0.4, 0.5) is 0 Å². The first-order chi connectivity index (χ1) is 6.48. The van der Waals surface area contributed by atoms with Gasteiger partial charge in [0.15, 0.2) is 0 Å². The minimum atomic E-state index is -1.69. The van der Waals surface area contributed by atoms with E-state index in [4.69, 9.17) is 4.74 Å². The van der Waals surface area contributed by atoms with Gasteiger partial charge in [0.05, 0.1) is 12.0 Å². The summed E-state index contributed by atoms with van der Waals surface area (Å²) in [5.41, 5.74) is 0. The van der Waals surface area contributed by atoms with E-state index in [0.29, 0.717) is 0 Å². The lowest BCUT2D eigenvalue weighted by Gasteiger charge is -2.49. The van der Waals surface area contributed by atoms with Crippen LogP contribution < -0.4 is 0 Å². The van der Waals surface area contributed by atoms with E-state index in [2.05, 4.69) is 54.7 Å². The summed E-state index contributed by atoms with van der Waals surface area (Å²) in [5.74, 6) is 0. The number of rotatable bonds is 3. The second-order valence-electron chi connectivity index (χ2n) is 6.48. The van der Waals surface area contributed by atoms with Crippen LogP contribution in [0.2, 0.25) is 16.6 Å². The van der Waals surface area contributed by atoms with E-state index in [0.717, 1.165) is 12.0 Å². The van der Waals surface area contributed by atoms with Gasteiger partial charge in [-0.1, -0.05) is 54.7 Å². The van der Waals surface area contributed by atoms with Crippen LogP contribution in [0.1, 0.15) is 48.5 Å². The highest BCUT2D eigenvalue weighted by Crippen LogP contribution is 2.54. The van der Waals surface area contributed by atoms with Gasteiger partial charge in [-0.3, -0.25) is 0 Å². The second kappa shape index (κ2) is 4.32. The standard InChI is InChI=1S/C13H28OSi/c1-10-14-11(2)15(9,12(3,4)5)13(6,7)8/h2,10H2,1,3-9H3. The smallest absolute Gasteiger partial charge is 0.138 e. The molecule has 0 aliphatic heterocycles. The molecule has 0 N–H and O–H groups in total. The van der Waals surface area contributed by atoms with Crippen molar-refractivity contribution in [2.24, 2.45) is 0 Å². The van der Waals surface area contributed by atoms with Crippen LogP contribution in [0.15, 0.2) is 12.0 Å². The fourth-order valence-electron chi connectivity index (χ4n) is 2.28. The van der Waals surface area contributed by atoms with Gasteiger partial charge in [-0.15, -0.1) is 0 Å². The lowest BCUT2D eigenvalue weighted by molar-refractivity contribution is 0.246. The Morgan fingerprint density at radius 2 is 1.40 bits per heavy atom. The minimum Gasteiger partial charge on any atom is -0.504 e. The van der Waals surface area contributed by atoms with Crippen LogP contribution >= 0.6 is 0 Å². The van der Waals surface area contributed by atoms with Crippen molar-refractivity contribution in [2.75, 3.05) is 6.61 Å². The molecule has 0 aromatic heterocycles. The molecule has 2 heteroatoms. The number of hydrogen-bond donors (Lipinski definition) is 0. The van der Waals surface area contributed by atoms with Gasteiger partial charge in [0.2, 0.25) is 0 Å². The summed E-state index contributed by atoms with van der Waals surface area (Å²) in [6, 6.07) is 0. The molecule has 0 saturated heterocycles. The number of hydrogen-bond acceptors (Lipinski definition) is 1. The largest absolute Gasteiger partial charge is 0.504 e. The van der Waals surface area contributed by atoms with Crippen molar-refractivity contribution in [3.63, 3.8) is 0 Å². The molecule has 0 rings (SSSR count). The van der Waals surface area contributed by atoms with Gasteiger partial charge in [-0.05, 0) is 17.0 Å². The van der Waals surface area contributed by atoms with Crippen LogP contribution in [0.25, 0.3) is 0 Å². The molecule has 0 atom stereocenters. The third-order valence-corrected chi connectivity index (χ3v) is 11.1. The van der Waals surface area contributed by atoms with E-state index in [9.17, 15) is 0 Å². The van der Waals surface area contributed by atoms with Crippen LogP contribution in [0.3, 0.4) is 0 Å². The molecule has 0 heterocycles. The maximum atomic E-state index is 5.73. The van der Waals surface area contributed by atoms with E-state index >= 15 is 0 Å². The van der Waals surface area contributed by atoms with E-state index in [1.165, 1.54) is 0 Å². The first-order valence-electron chi connectivity index (χ1n) is 5.80. The highest BCUT2D eigenvalue weighted by molar-refractivity contribution is 6.89. The predicted octanol–water partition coefficient (Wildman–Crippen LogP) is 4.75. The molecule has 0 unspecified atom stereocenters. The Morgan fingerprint density at radius 3 is 1.60 bits per heavy atom. The Morgan fingerprint density at radius 1 is 1.07 bits per heavy atom. The summed E-state index contributed by atoms with van der Waals surface area (Å²) < 4.78 is 5.73. The molecule has 0 amide bonds. The fraction of sp³-hybridized carbons (Fsp3) is 0.846. The Labute approximate surface area is 96.9 Å². The van der Waals surface area contributed by atoms with Crippen LogP contribution in [-0.2, 0) is 4.74 Å². The van der Waals surface area contributed by atoms with E-state index < -0.39 is 8.07 Å². The Balaban J connectivity index is 5.33. The van der Waals surface area contributed by atoms with E-state index in [1.54, 1.807) is 0 Å². The van der Waals surface area contributed by atoms with Crippen molar-refractivity contribution in [2.45, 2.75) is 65.1 Å². The molecule has 0 spiro atoms. The molecule has 15 heavy (non-hydrogen) atoms. The van der Waals surface area contributed by atoms with Gasteiger partial charge in [0.1, 0.15) is 8.07 Å². The molecule has 0 radical (unpaired) electrons.